The minimum atomic E-state index is -0.934. The molecule has 82 valence electrons. The Labute approximate surface area is 86.7 Å². The van der Waals surface area contributed by atoms with Crippen LogP contribution in [0.5, 0.6) is 0 Å². The molecule has 15 heavy (non-hydrogen) atoms. The lowest BCUT2D eigenvalue weighted by atomic mass is 9.64. The van der Waals surface area contributed by atoms with Crippen LogP contribution in [0.2, 0.25) is 0 Å². The van der Waals surface area contributed by atoms with Gasteiger partial charge in [0, 0.05) is 5.41 Å². The molecule has 0 aromatic heterocycles. The monoisotopic (exact) mass is 212 g/mol. The van der Waals surface area contributed by atoms with E-state index < -0.39 is 22.8 Å². The zero-order chi connectivity index (χ0) is 11.3. The molecule has 0 amide bonds. The fourth-order valence-corrected chi connectivity index (χ4v) is 2.09. The van der Waals surface area contributed by atoms with Gasteiger partial charge in [0.2, 0.25) is 0 Å². The first kappa shape index (κ1) is 10.1. The van der Waals surface area contributed by atoms with E-state index in [0.717, 1.165) is 0 Å². The zero-order valence-corrected chi connectivity index (χ0v) is 8.66. The standard InChI is InChI=1S/C10H12O5/c1-9(3-6(11)14-5-9)10(2)4-7(12)15-8(10)13/h3-5H2,1-2H3. The van der Waals surface area contributed by atoms with Gasteiger partial charge in [-0.3, -0.25) is 14.4 Å². The summed E-state index contributed by atoms with van der Waals surface area (Å²) >= 11 is 0. The van der Waals surface area contributed by atoms with Gasteiger partial charge in [-0.25, -0.2) is 0 Å². The molecule has 0 radical (unpaired) electrons. The first-order valence-electron chi connectivity index (χ1n) is 4.78. The summed E-state index contributed by atoms with van der Waals surface area (Å²) in [4.78, 5) is 33.8. The van der Waals surface area contributed by atoms with Gasteiger partial charge in [0.05, 0.1) is 24.9 Å². The van der Waals surface area contributed by atoms with Crippen molar-refractivity contribution in [1.29, 1.82) is 0 Å². The summed E-state index contributed by atoms with van der Waals surface area (Å²) < 4.78 is 9.42. The van der Waals surface area contributed by atoms with E-state index in [2.05, 4.69) is 4.74 Å². The Bertz CT molecular complexity index is 361. The van der Waals surface area contributed by atoms with Gasteiger partial charge in [-0.05, 0) is 6.92 Å². The Morgan fingerprint density at radius 2 is 1.73 bits per heavy atom. The van der Waals surface area contributed by atoms with Crippen molar-refractivity contribution in [3.05, 3.63) is 0 Å². The Balaban J connectivity index is 2.33. The van der Waals surface area contributed by atoms with Crippen molar-refractivity contribution in [2.45, 2.75) is 26.7 Å². The summed E-state index contributed by atoms with van der Waals surface area (Å²) in [6.45, 7) is 3.60. The summed E-state index contributed by atoms with van der Waals surface area (Å²) in [6.07, 6.45) is 0.185. The molecule has 0 saturated carbocycles. The van der Waals surface area contributed by atoms with Crippen LogP contribution < -0.4 is 0 Å². The van der Waals surface area contributed by atoms with Crippen molar-refractivity contribution in [2.75, 3.05) is 6.61 Å². The largest absolute Gasteiger partial charge is 0.465 e. The van der Waals surface area contributed by atoms with Gasteiger partial charge in [0.25, 0.3) is 0 Å². The number of cyclic esters (lactones) is 3. The average molecular weight is 212 g/mol. The van der Waals surface area contributed by atoms with Crippen LogP contribution in [0.1, 0.15) is 26.7 Å². The molecule has 2 atom stereocenters. The Morgan fingerprint density at radius 3 is 2.13 bits per heavy atom. The van der Waals surface area contributed by atoms with Gasteiger partial charge in [0.1, 0.15) is 0 Å². The molecular formula is C10H12O5. The van der Waals surface area contributed by atoms with Gasteiger partial charge in [-0.2, -0.15) is 0 Å². The molecule has 0 bridgehead atoms. The van der Waals surface area contributed by atoms with Crippen molar-refractivity contribution in [1.82, 2.24) is 0 Å². The van der Waals surface area contributed by atoms with Gasteiger partial charge in [-0.1, -0.05) is 6.92 Å². The molecule has 5 heteroatoms. The van der Waals surface area contributed by atoms with E-state index in [1.54, 1.807) is 13.8 Å². The Kier molecular flexibility index (Phi) is 1.90. The summed E-state index contributed by atoms with van der Waals surface area (Å²) in [7, 11) is 0. The molecular weight excluding hydrogens is 200 g/mol. The van der Waals surface area contributed by atoms with E-state index in [4.69, 9.17) is 4.74 Å². The second kappa shape index (κ2) is 2.81. The van der Waals surface area contributed by atoms with Crippen molar-refractivity contribution >= 4 is 17.9 Å². The van der Waals surface area contributed by atoms with Gasteiger partial charge in [-0.15, -0.1) is 0 Å². The van der Waals surface area contributed by atoms with Crippen LogP contribution in [0, 0.1) is 10.8 Å². The van der Waals surface area contributed by atoms with E-state index >= 15 is 0 Å². The predicted molar refractivity (Wildman–Crippen MR) is 47.5 cm³/mol. The van der Waals surface area contributed by atoms with Crippen molar-refractivity contribution in [3.8, 4) is 0 Å². The molecule has 0 spiro atoms. The van der Waals surface area contributed by atoms with E-state index in [1.807, 2.05) is 0 Å². The Hall–Kier alpha value is -1.39. The van der Waals surface area contributed by atoms with Crippen molar-refractivity contribution < 1.29 is 23.9 Å². The minimum Gasteiger partial charge on any atom is -0.465 e. The van der Waals surface area contributed by atoms with E-state index in [9.17, 15) is 14.4 Å². The average Bonchev–Trinajstić information content (AvgIpc) is 2.57. The van der Waals surface area contributed by atoms with Gasteiger partial charge in [0.15, 0.2) is 0 Å². The fourth-order valence-electron chi connectivity index (χ4n) is 2.09. The molecule has 0 aromatic carbocycles. The first-order valence-corrected chi connectivity index (χ1v) is 4.78. The maximum Gasteiger partial charge on any atom is 0.320 e. The van der Waals surface area contributed by atoms with Crippen molar-refractivity contribution in [2.24, 2.45) is 10.8 Å². The summed E-state index contributed by atoms with van der Waals surface area (Å²) in [5.74, 6) is -1.40. The van der Waals surface area contributed by atoms with Crippen LogP contribution in [-0.4, -0.2) is 24.5 Å². The maximum absolute atomic E-state index is 11.6. The highest BCUT2D eigenvalue weighted by Crippen LogP contribution is 2.51. The third-order valence-electron chi connectivity index (χ3n) is 3.57. The number of rotatable bonds is 1. The van der Waals surface area contributed by atoms with E-state index in [1.165, 1.54) is 0 Å². The molecule has 0 N–H and O–H groups in total. The summed E-state index contributed by atoms with van der Waals surface area (Å²) in [6, 6.07) is 0. The number of ether oxygens (including phenoxy) is 2. The predicted octanol–water partition coefficient (Wildman–Crippen LogP) is 0.419. The number of hydrogen-bond acceptors (Lipinski definition) is 5. The van der Waals surface area contributed by atoms with Gasteiger partial charge >= 0.3 is 17.9 Å². The number of hydrogen-bond donors (Lipinski definition) is 0. The van der Waals surface area contributed by atoms with E-state index in [-0.39, 0.29) is 25.4 Å². The van der Waals surface area contributed by atoms with Crippen molar-refractivity contribution in [3.63, 3.8) is 0 Å². The van der Waals surface area contributed by atoms with Crippen LogP contribution in [-0.2, 0) is 23.9 Å². The highest BCUT2D eigenvalue weighted by atomic mass is 16.6. The molecule has 2 rings (SSSR count). The summed E-state index contributed by atoms with van der Waals surface area (Å²) in [5, 5.41) is 0. The molecule has 2 aliphatic heterocycles. The minimum absolute atomic E-state index is 0.0268. The lowest BCUT2D eigenvalue weighted by Crippen LogP contribution is -2.41. The third-order valence-corrected chi connectivity index (χ3v) is 3.57. The molecule has 2 aliphatic rings. The molecule has 2 unspecified atom stereocenters. The van der Waals surface area contributed by atoms with Crippen LogP contribution in [0.15, 0.2) is 0 Å². The van der Waals surface area contributed by atoms with Gasteiger partial charge < -0.3 is 9.47 Å². The zero-order valence-electron chi connectivity index (χ0n) is 8.66. The smallest absolute Gasteiger partial charge is 0.320 e. The highest BCUT2D eigenvalue weighted by molar-refractivity contribution is 5.98. The quantitative estimate of drug-likeness (QED) is 0.465. The lowest BCUT2D eigenvalue weighted by Gasteiger charge is -2.34. The Morgan fingerprint density at radius 1 is 1.07 bits per heavy atom. The molecule has 0 aliphatic carbocycles. The van der Waals surface area contributed by atoms with Crippen LogP contribution in [0.3, 0.4) is 0 Å². The molecule has 0 aromatic rings. The second-order valence-corrected chi connectivity index (χ2v) is 4.67. The summed E-state index contributed by atoms with van der Waals surface area (Å²) in [5.41, 5.74) is -1.57. The number of esters is 3. The number of carbonyl (C=O) groups is 3. The topological polar surface area (TPSA) is 69.7 Å². The van der Waals surface area contributed by atoms with Crippen LogP contribution in [0.25, 0.3) is 0 Å². The molecule has 2 heterocycles. The first-order chi connectivity index (χ1) is 6.87. The van der Waals surface area contributed by atoms with E-state index in [0.29, 0.717) is 0 Å². The molecule has 5 nitrogen and oxygen atoms in total. The van der Waals surface area contributed by atoms with Crippen LogP contribution >= 0.6 is 0 Å². The van der Waals surface area contributed by atoms with Crippen LogP contribution in [0.4, 0.5) is 0 Å². The number of carbonyl (C=O) groups excluding carboxylic acids is 3. The third kappa shape index (κ3) is 1.26. The SMILES string of the molecule is CC1(C2(C)CC(=O)OC2=O)COC(=O)C1. The highest BCUT2D eigenvalue weighted by Gasteiger charge is 2.60. The molecule has 2 fully saturated rings. The normalized spacial score (nSPS) is 40.5. The fraction of sp³-hybridized carbons (Fsp3) is 0.700. The maximum atomic E-state index is 11.6. The second-order valence-electron chi connectivity index (χ2n) is 4.67. The molecule has 2 saturated heterocycles. The lowest BCUT2D eigenvalue weighted by molar-refractivity contribution is -0.157.